The molecule has 0 bridgehead atoms. The molecule has 0 atom stereocenters. The van der Waals surface area contributed by atoms with Gasteiger partial charge in [-0.05, 0) is 18.2 Å². The fourth-order valence-corrected chi connectivity index (χ4v) is 1.89. The van der Waals surface area contributed by atoms with Crippen LogP contribution in [0.15, 0.2) is 30.3 Å². The second-order valence-corrected chi connectivity index (χ2v) is 4.29. The number of alkyl halides is 3. The summed E-state index contributed by atoms with van der Waals surface area (Å²) in [5.74, 6) is -1.04. The summed E-state index contributed by atoms with van der Waals surface area (Å²) >= 11 is 0. The smallest absolute Gasteiger partial charge is 0.416 e. The van der Waals surface area contributed by atoms with Gasteiger partial charge in [0.25, 0.3) is 0 Å². The molecule has 4 nitrogen and oxygen atoms in total. The lowest BCUT2D eigenvalue weighted by atomic mass is 10.1. The van der Waals surface area contributed by atoms with Crippen LogP contribution >= 0.6 is 0 Å². The molecule has 2 rings (SSSR count). The van der Waals surface area contributed by atoms with Crippen LogP contribution in [0.5, 0.6) is 0 Å². The molecule has 106 valence electrons. The third-order valence-corrected chi connectivity index (χ3v) is 2.75. The first-order valence-corrected chi connectivity index (χ1v) is 5.69. The SMILES string of the molecule is Cn1nc(CC(=O)O)cc1-c1cccc(C(F)(F)F)c1. The Bertz CT molecular complexity index is 647. The molecule has 0 amide bonds. The minimum absolute atomic E-state index is 0.271. The van der Waals surface area contributed by atoms with Gasteiger partial charge in [0.1, 0.15) is 0 Å². The number of carboxylic acids is 1. The van der Waals surface area contributed by atoms with Crippen molar-refractivity contribution in [2.24, 2.45) is 7.05 Å². The lowest BCUT2D eigenvalue weighted by molar-refractivity contribution is -0.138. The predicted molar refractivity (Wildman–Crippen MR) is 65.0 cm³/mol. The number of carboxylic acid groups (broad SMARTS) is 1. The fraction of sp³-hybridized carbons (Fsp3) is 0.231. The van der Waals surface area contributed by atoms with Gasteiger partial charge in [0.05, 0.1) is 23.4 Å². The number of rotatable bonds is 3. The summed E-state index contributed by atoms with van der Waals surface area (Å²) in [5, 5.41) is 12.7. The number of nitrogens with zero attached hydrogens (tertiary/aromatic N) is 2. The molecule has 1 aromatic heterocycles. The van der Waals surface area contributed by atoms with Crippen molar-refractivity contribution in [1.82, 2.24) is 9.78 Å². The lowest BCUT2D eigenvalue weighted by Crippen LogP contribution is -2.05. The number of aryl methyl sites for hydroxylation is 1. The molecule has 0 aliphatic rings. The van der Waals surface area contributed by atoms with E-state index in [0.29, 0.717) is 17.0 Å². The van der Waals surface area contributed by atoms with Crippen molar-refractivity contribution in [2.45, 2.75) is 12.6 Å². The predicted octanol–water partition coefficient (Wildman–Crippen LogP) is 2.73. The molecule has 0 radical (unpaired) electrons. The van der Waals surface area contributed by atoms with Gasteiger partial charge in [-0.25, -0.2) is 0 Å². The summed E-state index contributed by atoms with van der Waals surface area (Å²) in [5.41, 5.74) is 0.321. The molecule has 0 fully saturated rings. The number of hydrogen-bond donors (Lipinski definition) is 1. The van der Waals surface area contributed by atoms with E-state index in [2.05, 4.69) is 5.10 Å². The third-order valence-electron chi connectivity index (χ3n) is 2.75. The molecule has 1 N–H and O–H groups in total. The maximum absolute atomic E-state index is 12.7. The average Bonchev–Trinajstić information content (AvgIpc) is 2.68. The number of halogens is 3. The summed E-state index contributed by atoms with van der Waals surface area (Å²) in [7, 11) is 1.56. The number of benzene rings is 1. The monoisotopic (exact) mass is 284 g/mol. The largest absolute Gasteiger partial charge is 0.481 e. The van der Waals surface area contributed by atoms with Gasteiger partial charge >= 0.3 is 12.1 Å². The van der Waals surface area contributed by atoms with Gasteiger partial charge in [0.2, 0.25) is 0 Å². The Morgan fingerprint density at radius 1 is 1.35 bits per heavy atom. The zero-order valence-electron chi connectivity index (χ0n) is 10.5. The number of hydrogen-bond acceptors (Lipinski definition) is 2. The van der Waals surface area contributed by atoms with Gasteiger partial charge in [0, 0.05) is 12.6 Å². The van der Waals surface area contributed by atoms with Gasteiger partial charge in [-0.1, -0.05) is 12.1 Å². The van der Waals surface area contributed by atoms with E-state index < -0.39 is 17.7 Å². The highest BCUT2D eigenvalue weighted by Gasteiger charge is 2.30. The van der Waals surface area contributed by atoms with Crippen molar-refractivity contribution in [2.75, 3.05) is 0 Å². The van der Waals surface area contributed by atoms with E-state index in [1.807, 2.05) is 0 Å². The van der Waals surface area contributed by atoms with Crippen LogP contribution in [0.1, 0.15) is 11.3 Å². The first-order chi connectivity index (χ1) is 9.27. The fourth-order valence-electron chi connectivity index (χ4n) is 1.89. The second-order valence-electron chi connectivity index (χ2n) is 4.29. The van der Waals surface area contributed by atoms with Gasteiger partial charge in [0.15, 0.2) is 0 Å². The summed E-state index contributed by atoms with van der Waals surface area (Å²) in [6.07, 6.45) is -4.69. The summed E-state index contributed by atoms with van der Waals surface area (Å²) in [4.78, 5) is 10.6. The zero-order valence-corrected chi connectivity index (χ0v) is 10.5. The number of carbonyl (C=O) groups is 1. The highest BCUT2D eigenvalue weighted by Crippen LogP contribution is 2.32. The minimum Gasteiger partial charge on any atom is -0.481 e. The van der Waals surface area contributed by atoms with Crippen LogP contribution in [0.3, 0.4) is 0 Å². The molecule has 2 aromatic rings. The van der Waals surface area contributed by atoms with E-state index >= 15 is 0 Å². The first-order valence-electron chi connectivity index (χ1n) is 5.69. The number of aliphatic carboxylic acids is 1. The highest BCUT2D eigenvalue weighted by atomic mass is 19.4. The molecule has 0 aliphatic carbocycles. The van der Waals surface area contributed by atoms with Crippen molar-refractivity contribution in [3.63, 3.8) is 0 Å². The van der Waals surface area contributed by atoms with Crippen molar-refractivity contribution in [1.29, 1.82) is 0 Å². The molecule has 0 unspecified atom stereocenters. The van der Waals surface area contributed by atoms with Crippen molar-refractivity contribution < 1.29 is 23.1 Å². The maximum Gasteiger partial charge on any atom is 0.416 e. The molecular formula is C13H11F3N2O2. The molecule has 0 aliphatic heterocycles. The standard InChI is InChI=1S/C13H11F3N2O2/c1-18-11(6-10(17-18)7-12(19)20)8-3-2-4-9(5-8)13(14,15)16/h2-6H,7H2,1H3,(H,19,20). The molecule has 0 saturated carbocycles. The summed E-state index contributed by atoms with van der Waals surface area (Å²) < 4.78 is 39.4. The molecule has 20 heavy (non-hydrogen) atoms. The quantitative estimate of drug-likeness (QED) is 0.942. The van der Waals surface area contributed by atoms with E-state index in [1.54, 1.807) is 7.05 Å². The Morgan fingerprint density at radius 2 is 2.05 bits per heavy atom. The van der Waals surface area contributed by atoms with Crippen LogP contribution in [0.25, 0.3) is 11.3 Å². The molecule has 0 saturated heterocycles. The molecule has 7 heteroatoms. The molecule has 0 spiro atoms. The van der Waals surface area contributed by atoms with Crippen molar-refractivity contribution in [3.05, 3.63) is 41.6 Å². The highest BCUT2D eigenvalue weighted by molar-refractivity contribution is 5.70. The van der Waals surface area contributed by atoms with Gasteiger partial charge in [-0.3, -0.25) is 9.48 Å². The van der Waals surface area contributed by atoms with Gasteiger partial charge in [-0.15, -0.1) is 0 Å². The molecule has 1 aromatic carbocycles. The third kappa shape index (κ3) is 2.98. The minimum atomic E-state index is -4.42. The first kappa shape index (κ1) is 14.1. The van der Waals surface area contributed by atoms with Crippen LogP contribution in [0.2, 0.25) is 0 Å². The Morgan fingerprint density at radius 3 is 2.65 bits per heavy atom. The Hall–Kier alpha value is -2.31. The Balaban J connectivity index is 2.41. The van der Waals surface area contributed by atoms with Crippen LogP contribution in [-0.2, 0) is 24.4 Å². The van der Waals surface area contributed by atoms with E-state index in [4.69, 9.17) is 5.11 Å². The van der Waals surface area contributed by atoms with Gasteiger partial charge in [-0.2, -0.15) is 18.3 Å². The Labute approximate surface area is 112 Å². The molecule has 1 heterocycles. The summed E-state index contributed by atoms with van der Waals surface area (Å²) in [6, 6.07) is 6.31. The Kier molecular flexibility index (Phi) is 3.52. The average molecular weight is 284 g/mol. The van der Waals surface area contributed by atoms with Crippen LogP contribution in [0.4, 0.5) is 13.2 Å². The van der Waals surface area contributed by atoms with E-state index in [-0.39, 0.29) is 6.42 Å². The second kappa shape index (κ2) is 4.99. The van der Waals surface area contributed by atoms with E-state index in [1.165, 1.54) is 22.9 Å². The normalized spacial score (nSPS) is 11.6. The van der Waals surface area contributed by atoms with E-state index in [9.17, 15) is 18.0 Å². The molecular weight excluding hydrogens is 273 g/mol. The lowest BCUT2D eigenvalue weighted by Gasteiger charge is -2.08. The van der Waals surface area contributed by atoms with Crippen molar-refractivity contribution >= 4 is 5.97 Å². The van der Waals surface area contributed by atoms with Crippen LogP contribution in [-0.4, -0.2) is 20.9 Å². The topological polar surface area (TPSA) is 55.1 Å². The zero-order chi connectivity index (χ0) is 14.9. The van der Waals surface area contributed by atoms with Crippen LogP contribution < -0.4 is 0 Å². The van der Waals surface area contributed by atoms with Crippen LogP contribution in [0, 0.1) is 0 Å². The van der Waals surface area contributed by atoms with E-state index in [0.717, 1.165) is 12.1 Å². The summed E-state index contributed by atoms with van der Waals surface area (Å²) in [6.45, 7) is 0. The van der Waals surface area contributed by atoms with Crippen molar-refractivity contribution in [3.8, 4) is 11.3 Å². The number of aromatic nitrogens is 2. The van der Waals surface area contributed by atoms with Gasteiger partial charge < -0.3 is 5.11 Å². The maximum atomic E-state index is 12.7.